The molecule has 0 atom stereocenters. The molecule has 0 fully saturated rings. The van der Waals surface area contributed by atoms with Gasteiger partial charge in [-0.15, -0.1) is 0 Å². The summed E-state index contributed by atoms with van der Waals surface area (Å²) in [7, 11) is 0. The molecular formula is C11H8BrN3O. The van der Waals surface area contributed by atoms with E-state index in [2.05, 4.69) is 25.9 Å². The van der Waals surface area contributed by atoms with Crippen LogP contribution in [0.3, 0.4) is 0 Å². The number of amides is 1. The highest BCUT2D eigenvalue weighted by atomic mass is 79.9. The van der Waals surface area contributed by atoms with Gasteiger partial charge in [0.05, 0.1) is 5.56 Å². The first-order valence-electron chi connectivity index (χ1n) is 4.53. The van der Waals surface area contributed by atoms with Gasteiger partial charge in [-0.2, -0.15) is 0 Å². The van der Waals surface area contributed by atoms with Gasteiger partial charge in [0.15, 0.2) is 0 Å². The summed E-state index contributed by atoms with van der Waals surface area (Å²) in [6, 6.07) is 5.36. The Morgan fingerprint density at radius 2 is 1.88 bits per heavy atom. The molecule has 1 amide bonds. The molecule has 16 heavy (non-hydrogen) atoms. The number of primary amides is 1. The summed E-state index contributed by atoms with van der Waals surface area (Å²) in [5.41, 5.74) is 7.41. The second-order valence-corrected chi connectivity index (χ2v) is 4.04. The molecule has 0 saturated carbocycles. The van der Waals surface area contributed by atoms with Gasteiger partial charge in [-0.05, 0) is 33.6 Å². The highest BCUT2D eigenvalue weighted by Gasteiger charge is 2.08. The largest absolute Gasteiger partial charge is 0.366 e. The minimum atomic E-state index is -0.467. The Morgan fingerprint density at radius 3 is 2.50 bits per heavy atom. The van der Waals surface area contributed by atoms with Crippen molar-refractivity contribution in [3.05, 3.63) is 47.0 Å². The van der Waals surface area contributed by atoms with Gasteiger partial charge in [0, 0.05) is 22.4 Å². The quantitative estimate of drug-likeness (QED) is 0.913. The topological polar surface area (TPSA) is 68.9 Å². The Balaban J connectivity index is 2.52. The first-order valence-corrected chi connectivity index (χ1v) is 5.32. The van der Waals surface area contributed by atoms with E-state index in [1.54, 1.807) is 24.5 Å². The predicted molar refractivity (Wildman–Crippen MR) is 63.7 cm³/mol. The highest BCUT2D eigenvalue weighted by molar-refractivity contribution is 9.10. The van der Waals surface area contributed by atoms with Crippen LogP contribution in [0.4, 0.5) is 0 Å². The van der Waals surface area contributed by atoms with E-state index < -0.39 is 5.91 Å². The molecular weight excluding hydrogens is 270 g/mol. The fourth-order valence-corrected chi connectivity index (χ4v) is 1.78. The summed E-state index contributed by atoms with van der Waals surface area (Å²) in [6.45, 7) is 0. The van der Waals surface area contributed by atoms with Crippen molar-refractivity contribution >= 4 is 21.8 Å². The number of carbonyl (C=O) groups excluding carboxylic acids is 1. The van der Waals surface area contributed by atoms with Crippen LogP contribution in [-0.2, 0) is 0 Å². The van der Waals surface area contributed by atoms with Crippen LogP contribution in [0.1, 0.15) is 10.4 Å². The maximum Gasteiger partial charge on any atom is 0.249 e. The van der Waals surface area contributed by atoms with Gasteiger partial charge in [-0.1, -0.05) is 6.07 Å². The summed E-state index contributed by atoms with van der Waals surface area (Å²) in [5, 5.41) is 0. The monoisotopic (exact) mass is 277 g/mol. The van der Waals surface area contributed by atoms with Crippen LogP contribution in [0.2, 0.25) is 0 Å². The molecule has 0 saturated heterocycles. The number of nitrogens with two attached hydrogens (primary N) is 1. The molecule has 80 valence electrons. The lowest BCUT2D eigenvalue weighted by Gasteiger charge is -2.04. The maximum atomic E-state index is 11.2. The first-order chi connectivity index (χ1) is 7.68. The minimum absolute atomic E-state index is 0.446. The minimum Gasteiger partial charge on any atom is -0.366 e. The van der Waals surface area contributed by atoms with Gasteiger partial charge < -0.3 is 5.73 Å². The number of halogens is 1. The second-order valence-electron chi connectivity index (χ2n) is 3.19. The number of nitrogens with zero attached hydrogens (tertiary/aromatic N) is 2. The van der Waals surface area contributed by atoms with Crippen molar-refractivity contribution in [3.8, 4) is 11.1 Å². The van der Waals surface area contributed by atoms with Crippen molar-refractivity contribution in [2.24, 2.45) is 5.73 Å². The number of hydrogen-bond donors (Lipinski definition) is 1. The number of rotatable bonds is 2. The fourth-order valence-electron chi connectivity index (χ4n) is 1.34. The molecule has 0 aliphatic rings. The van der Waals surface area contributed by atoms with Crippen LogP contribution >= 0.6 is 15.9 Å². The normalized spacial score (nSPS) is 10.1. The van der Waals surface area contributed by atoms with Crippen LogP contribution < -0.4 is 5.73 Å². The summed E-state index contributed by atoms with van der Waals surface area (Å²) in [5.74, 6) is -0.467. The van der Waals surface area contributed by atoms with E-state index >= 15 is 0 Å². The van der Waals surface area contributed by atoms with Crippen molar-refractivity contribution in [1.29, 1.82) is 0 Å². The van der Waals surface area contributed by atoms with E-state index in [0.717, 1.165) is 11.1 Å². The third kappa shape index (κ3) is 2.09. The fraction of sp³-hybridized carbons (Fsp3) is 0. The van der Waals surface area contributed by atoms with E-state index in [4.69, 9.17) is 5.73 Å². The number of aromatic nitrogens is 2. The molecule has 2 N–H and O–H groups in total. The highest BCUT2D eigenvalue weighted by Crippen LogP contribution is 2.24. The predicted octanol–water partition coefficient (Wildman–Crippen LogP) is 2.00. The van der Waals surface area contributed by atoms with Gasteiger partial charge in [0.1, 0.15) is 6.33 Å². The van der Waals surface area contributed by atoms with Crippen LogP contribution in [0.25, 0.3) is 11.1 Å². The van der Waals surface area contributed by atoms with Crippen molar-refractivity contribution in [3.63, 3.8) is 0 Å². The average molecular weight is 278 g/mol. The molecule has 0 bridgehead atoms. The first kappa shape index (κ1) is 10.8. The van der Waals surface area contributed by atoms with Crippen molar-refractivity contribution < 1.29 is 4.79 Å². The molecule has 0 spiro atoms. The molecule has 0 aliphatic heterocycles. The van der Waals surface area contributed by atoms with Crippen molar-refractivity contribution in [2.75, 3.05) is 0 Å². The summed E-state index contributed by atoms with van der Waals surface area (Å²) in [6.07, 6.45) is 4.82. The number of hydrogen-bond acceptors (Lipinski definition) is 3. The van der Waals surface area contributed by atoms with Crippen LogP contribution in [0, 0.1) is 0 Å². The third-order valence-corrected chi connectivity index (χ3v) is 2.82. The Morgan fingerprint density at radius 1 is 1.19 bits per heavy atom. The van der Waals surface area contributed by atoms with Crippen LogP contribution in [0.15, 0.2) is 41.4 Å². The molecule has 1 heterocycles. The van der Waals surface area contributed by atoms with E-state index in [0.29, 0.717) is 10.0 Å². The van der Waals surface area contributed by atoms with Gasteiger partial charge >= 0.3 is 0 Å². The van der Waals surface area contributed by atoms with E-state index in [-0.39, 0.29) is 0 Å². The van der Waals surface area contributed by atoms with Gasteiger partial charge in [0.2, 0.25) is 5.91 Å². The number of carbonyl (C=O) groups is 1. The molecule has 1 aromatic carbocycles. The third-order valence-electron chi connectivity index (χ3n) is 2.13. The Hall–Kier alpha value is -1.75. The Bertz CT molecular complexity index is 528. The van der Waals surface area contributed by atoms with Crippen LogP contribution in [-0.4, -0.2) is 15.9 Å². The van der Waals surface area contributed by atoms with E-state index in [1.807, 2.05) is 6.07 Å². The molecule has 0 radical (unpaired) electrons. The zero-order chi connectivity index (χ0) is 11.5. The summed E-state index contributed by atoms with van der Waals surface area (Å²) < 4.78 is 0.681. The SMILES string of the molecule is NC(=O)c1cc(-c2cncnc2)ccc1Br. The number of benzene rings is 1. The average Bonchev–Trinajstić information content (AvgIpc) is 2.30. The lowest BCUT2D eigenvalue weighted by atomic mass is 10.1. The standard InChI is InChI=1S/C11H8BrN3O/c12-10-2-1-7(3-9(10)11(13)16)8-4-14-6-15-5-8/h1-6H,(H2,13,16). The van der Waals surface area contributed by atoms with E-state index in [9.17, 15) is 4.79 Å². The summed E-state index contributed by atoms with van der Waals surface area (Å²) in [4.78, 5) is 19.0. The molecule has 0 aliphatic carbocycles. The van der Waals surface area contributed by atoms with Gasteiger partial charge in [-0.25, -0.2) is 9.97 Å². The molecule has 4 nitrogen and oxygen atoms in total. The molecule has 5 heteroatoms. The Labute approximate surface area is 101 Å². The Kier molecular flexibility index (Phi) is 2.96. The summed E-state index contributed by atoms with van der Waals surface area (Å²) >= 11 is 3.27. The molecule has 1 aromatic heterocycles. The maximum absolute atomic E-state index is 11.2. The zero-order valence-electron chi connectivity index (χ0n) is 8.22. The lowest BCUT2D eigenvalue weighted by molar-refractivity contribution is 0.0999. The van der Waals surface area contributed by atoms with Crippen LogP contribution in [0.5, 0.6) is 0 Å². The zero-order valence-corrected chi connectivity index (χ0v) is 9.81. The van der Waals surface area contributed by atoms with E-state index in [1.165, 1.54) is 6.33 Å². The van der Waals surface area contributed by atoms with Gasteiger partial charge in [-0.3, -0.25) is 4.79 Å². The second kappa shape index (κ2) is 4.40. The van der Waals surface area contributed by atoms with Crippen molar-refractivity contribution in [1.82, 2.24) is 9.97 Å². The van der Waals surface area contributed by atoms with Gasteiger partial charge in [0.25, 0.3) is 0 Å². The lowest BCUT2D eigenvalue weighted by Crippen LogP contribution is -2.11. The smallest absolute Gasteiger partial charge is 0.249 e. The molecule has 2 rings (SSSR count). The van der Waals surface area contributed by atoms with Crippen molar-refractivity contribution in [2.45, 2.75) is 0 Å². The molecule has 0 unspecified atom stereocenters. The molecule has 2 aromatic rings.